The molecule has 0 aromatic heterocycles. The molecule has 1 saturated heterocycles. The molecule has 0 atom stereocenters. The van der Waals surface area contributed by atoms with E-state index in [4.69, 9.17) is 14.6 Å². The number of rotatable bonds is 3. The molecule has 1 aromatic rings. The van der Waals surface area contributed by atoms with Gasteiger partial charge in [0.05, 0.1) is 5.56 Å². The quantitative estimate of drug-likeness (QED) is 0.758. The van der Waals surface area contributed by atoms with Gasteiger partial charge in [-0.05, 0) is 24.3 Å². The summed E-state index contributed by atoms with van der Waals surface area (Å²) < 4.78 is 74.1. The zero-order chi connectivity index (χ0) is 20.7. The number of carbonyl (C=O) groups is 2. The molecule has 27 heavy (non-hydrogen) atoms. The van der Waals surface area contributed by atoms with E-state index in [1.165, 1.54) is 12.1 Å². The van der Waals surface area contributed by atoms with Crippen LogP contribution in [0.25, 0.3) is 0 Å². The summed E-state index contributed by atoms with van der Waals surface area (Å²) in [6.45, 7) is 2.56. The zero-order valence-electron chi connectivity index (χ0n) is 13.7. The summed E-state index contributed by atoms with van der Waals surface area (Å²) in [6.07, 6.45) is -9.45. The van der Waals surface area contributed by atoms with Gasteiger partial charge in [0.1, 0.15) is 5.75 Å². The molecule has 1 aromatic carbocycles. The van der Waals surface area contributed by atoms with E-state index >= 15 is 0 Å². The van der Waals surface area contributed by atoms with Crippen LogP contribution < -0.4 is 10.1 Å². The van der Waals surface area contributed by atoms with E-state index in [-0.39, 0.29) is 18.3 Å². The predicted molar refractivity (Wildman–Crippen MR) is 80.1 cm³/mol. The van der Waals surface area contributed by atoms with Crippen LogP contribution in [0.3, 0.4) is 0 Å². The van der Waals surface area contributed by atoms with E-state index in [0.717, 1.165) is 25.2 Å². The van der Waals surface area contributed by atoms with Gasteiger partial charge in [0.15, 0.2) is 6.61 Å². The van der Waals surface area contributed by atoms with Crippen molar-refractivity contribution in [2.75, 3.05) is 32.8 Å². The van der Waals surface area contributed by atoms with Crippen LogP contribution in [0.2, 0.25) is 0 Å². The largest absolute Gasteiger partial charge is 0.490 e. The number of nitrogens with one attached hydrogen (secondary N) is 1. The maximum atomic E-state index is 12.4. The Kier molecular flexibility index (Phi) is 7.88. The number of carbonyl (C=O) groups excluding carboxylic acids is 1. The molecule has 0 unspecified atom stereocenters. The first-order valence-corrected chi connectivity index (χ1v) is 7.50. The number of hydrogen-bond donors (Lipinski definition) is 2. The second-order valence-corrected chi connectivity index (χ2v) is 5.24. The van der Waals surface area contributed by atoms with Crippen LogP contribution in [0.15, 0.2) is 24.3 Å². The van der Waals surface area contributed by atoms with Crippen molar-refractivity contribution in [3.05, 3.63) is 29.8 Å². The van der Waals surface area contributed by atoms with Gasteiger partial charge in [0.25, 0.3) is 5.91 Å². The number of benzene rings is 1. The number of ether oxygens (including phenoxy) is 1. The van der Waals surface area contributed by atoms with Gasteiger partial charge in [-0.25, -0.2) is 4.79 Å². The Bertz CT molecular complexity index is 625. The van der Waals surface area contributed by atoms with Crippen molar-refractivity contribution < 1.29 is 45.8 Å². The number of alkyl halides is 6. The van der Waals surface area contributed by atoms with Crippen molar-refractivity contribution in [2.24, 2.45) is 0 Å². The first-order chi connectivity index (χ1) is 12.4. The number of carboxylic acid groups (broad SMARTS) is 1. The highest BCUT2D eigenvalue weighted by atomic mass is 19.4. The number of amides is 1. The van der Waals surface area contributed by atoms with Gasteiger partial charge in [0, 0.05) is 26.2 Å². The van der Waals surface area contributed by atoms with Crippen molar-refractivity contribution in [1.82, 2.24) is 10.2 Å². The molecule has 0 radical (unpaired) electrons. The Morgan fingerprint density at radius 2 is 1.52 bits per heavy atom. The fourth-order valence-electron chi connectivity index (χ4n) is 1.89. The summed E-state index contributed by atoms with van der Waals surface area (Å²) in [7, 11) is 0. The number of halogens is 6. The van der Waals surface area contributed by atoms with Gasteiger partial charge in [-0.3, -0.25) is 4.79 Å². The molecule has 2 N–H and O–H groups in total. The minimum atomic E-state index is -5.08. The van der Waals surface area contributed by atoms with Gasteiger partial charge in [-0.1, -0.05) is 0 Å². The second-order valence-electron chi connectivity index (χ2n) is 5.24. The second kappa shape index (κ2) is 9.44. The first kappa shape index (κ1) is 22.5. The lowest BCUT2D eigenvalue weighted by Crippen LogP contribution is -2.47. The van der Waals surface area contributed by atoms with E-state index < -0.39 is 23.9 Å². The maximum Gasteiger partial charge on any atom is 0.490 e. The third-order valence-corrected chi connectivity index (χ3v) is 3.26. The number of nitrogens with zero attached hydrogens (tertiary/aromatic N) is 1. The van der Waals surface area contributed by atoms with Crippen LogP contribution >= 0.6 is 0 Å². The minimum Gasteiger partial charge on any atom is -0.484 e. The lowest BCUT2D eigenvalue weighted by Gasteiger charge is -2.27. The lowest BCUT2D eigenvalue weighted by atomic mass is 10.2. The lowest BCUT2D eigenvalue weighted by molar-refractivity contribution is -0.192. The number of piperazine rings is 1. The van der Waals surface area contributed by atoms with E-state index in [1.807, 2.05) is 0 Å². The molecule has 1 fully saturated rings. The Morgan fingerprint density at radius 1 is 1.04 bits per heavy atom. The van der Waals surface area contributed by atoms with Crippen LogP contribution in [-0.2, 0) is 15.8 Å². The summed E-state index contributed by atoms with van der Waals surface area (Å²) >= 11 is 0. The van der Waals surface area contributed by atoms with Crippen molar-refractivity contribution in [1.29, 1.82) is 0 Å². The number of carboxylic acids is 1. The molecule has 1 aliphatic heterocycles. The highest BCUT2D eigenvalue weighted by molar-refractivity contribution is 5.77. The molecule has 0 spiro atoms. The molecule has 152 valence electrons. The summed E-state index contributed by atoms with van der Waals surface area (Å²) in [6, 6.07) is 4.30. The third kappa shape index (κ3) is 8.15. The highest BCUT2D eigenvalue weighted by Gasteiger charge is 2.38. The van der Waals surface area contributed by atoms with Gasteiger partial charge < -0.3 is 20.1 Å². The standard InChI is InChI=1S/C13H15F3N2O2.C2HF3O2/c14-13(15,16)10-1-3-11(4-2-10)20-9-12(19)18-7-5-17-6-8-18;3-2(4,5)1(6)7/h1-4,17H,5-9H2;(H,6,7). The molecule has 0 aliphatic carbocycles. The van der Waals surface area contributed by atoms with E-state index in [9.17, 15) is 31.1 Å². The Morgan fingerprint density at radius 3 is 1.93 bits per heavy atom. The van der Waals surface area contributed by atoms with Crippen molar-refractivity contribution >= 4 is 11.9 Å². The third-order valence-electron chi connectivity index (χ3n) is 3.26. The van der Waals surface area contributed by atoms with Crippen molar-refractivity contribution in [3.8, 4) is 5.75 Å². The van der Waals surface area contributed by atoms with E-state index in [0.29, 0.717) is 13.1 Å². The Balaban J connectivity index is 0.000000445. The number of hydrogen-bond acceptors (Lipinski definition) is 4. The van der Waals surface area contributed by atoms with Gasteiger partial charge >= 0.3 is 18.3 Å². The number of aliphatic carboxylic acids is 1. The van der Waals surface area contributed by atoms with Crippen LogP contribution in [0.5, 0.6) is 5.75 Å². The summed E-state index contributed by atoms with van der Waals surface area (Å²) in [5.41, 5.74) is -0.738. The average Bonchev–Trinajstić information content (AvgIpc) is 2.59. The smallest absolute Gasteiger partial charge is 0.484 e. The maximum absolute atomic E-state index is 12.4. The molecule has 0 bridgehead atoms. The summed E-state index contributed by atoms with van der Waals surface area (Å²) in [5, 5.41) is 10.2. The summed E-state index contributed by atoms with van der Waals surface area (Å²) in [5.74, 6) is -2.67. The fourth-order valence-corrected chi connectivity index (χ4v) is 1.89. The van der Waals surface area contributed by atoms with Gasteiger partial charge in [-0.2, -0.15) is 26.3 Å². The van der Waals surface area contributed by atoms with E-state index in [1.54, 1.807) is 4.90 Å². The molecule has 6 nitrogen and oxygen atoms in total. The molecule has 1 heterocycles. The Hall–Kier alpha value is -2.50. The fraction of sp³-hybridized carbons (Fsp3) is 0.467. The molecular formula is C15H16F6N2O4. The molecule has 0 saturated carbocycles. The summed E-state index contributed by atoms with van der Waals surface area (Å²) in [4.78, 5) is 22.4. The molecule has 1 aliphatic rings. The van der Waals surface area contributed by atoms with Crippen LogP contribution in [-0.4, -0.2) is 60.8 Å². The first-order valence-electron chi connectivity index (χ1n) is 7.50. The highest BCUT2D eigenvalue weighted by Crippen LogP contribution is 2.30. The van der Waals surface area contributed by atoms with Gasteiger partial charge in [-0.15, -0.1) is 0 Å². The monoisotopic (exact) mass is 402 g/mol. The molecule has 2 rings (SSSR count). The topological polar surface area (TPSA) is 78.9 Å². The minimum absolute atomic E-state index is 0.161. The average molecular weight is 402 g/mol. The molecular weight excluding hydrogens is 386 g/mol. The van der Waals surface area contributed by atoms with Crippen LogP contribution in [0.4, 0.5) is 26.3 Å². The zero-order valence-corrected chi connectivity index (χ0v) is 13.7. The SMILES string of the molecule is O=C(COc1ccc(C(F)(F)F)cc1)N1CCNCC1.O=C(O)C(F)(F)F. The normalized spacial score (nSPS) is 14.8. The van der Waals surface area contributed by atoms with Crippen LogP contribution in [0.1, 0.15) is 5.56 Å². The van der Waals surface area contributed by atoms with Crippen LogP contribution in [0, 0.1) is 0 Å². The van der Waals surface area contributed by atoms with Crippen molar-refractivity contribution in [2.45, 2.75) is 12.4 Å². The predicted octanol–water partition coefficient (Wildman–Crippen LogP) is 2.15. The van der Waals surface area contributed by atoms with Crippen molar-refractivity contribution in [3.63, 3.8) is 0 Å². The Labute approximate surface area is 149 Å². The van der Waals surface area contributed by atoms with Gasteiger partial charge in [0.2, 0.25) is 0 Å². The molecule has 1 amide bonds. The molecule has 12 heteroatoms. The van der Waals surface area contributed by atoms with E-state index in [2.05, 4.69) is 5.32 Å².